The predicted octanol–water partition coefficient (Wildman–Crippen LogP) is 0.772. The van der Waals surface area contributed by atoms with E-state index in [2.05, 4.69) is 23.0 Å². The molecule has 1 aliphatic heterocycles. The maximum atomic E-state index is 11.4. The van der Waals surface area contributed by atoms with E-state index in [1.165, 1.54) is 0 Å². The normalized spacial score (nSPS) is 16.1. The summed E-state index contributed by atoms with van der Waals surface area (Å²) in [6, 6.07) is 0. The maximum absolute atomic E-state index is 11.4. The van der Waals surface area contributed by atoms with E-state index in [1.54, 1.807) is 0 Å². The van der Waals surface area contributed by atoms with E-state index >= 15 is 0 Å². The Kier molecular flexibility index (Phi) is 5.13. The average molecular weight is 229 g/mol. The average Bonchev–Trinajstić information content (AvgIpc) is 2.69. The molecule has 1 rings (SSSR count). The van der Waals surface area contributed by atoms with Gasteiger partial charge in [-0.3, -0.25) is 0 Å². The van der Waals surface area contributed by atoms with E-state index in [-0.39, 0.29) is 12.2 Å². The standard InChI is InChI=1S/C10H15NO5/c1-8(2)6-13-7-9(3)10(12)15-11-4-5-14-16-11/h1,3-7H2,2H3. The molecule has 1 aliphatic rings. The van der Waals surface area contributed by atoms with Crippen LogP contribution in [0, 0.1) is 0 Å². The Balaban J connectivity index is 2.19. The van der Waals surface area contributed by atoms with Crippen LogP contribution in [0.25, 0.3) is 0 Å². The summed E-state index contributed by atoms with van der Waals surface area (Å²) in [4.78, 5) is 25.2. The highest BCUT2D eigenvalue weighted by atomic mass is 17.3. The Morgan fingerprint density at radius 2 is 2.19 bits per heavy atom. The van der Waals surface area contributed by atoms with Crippen LogP contribution in [0.3, 0.4) is 0 Å². The molecule has 0 aromatic rings. The van der Waals surface area contributed by atoms with E-state index in [0.717, 1.165) is 10.8 Å². The molecule has 0 atom stereocenters. The lowest BCUT2D eigenvalue weighted by Gasteiger charge is -2.11. The lowest BCUT2D eigenvalue weighted by molar-refractivity contribution is -0.457. The minimum atomic E-state index is -0.604. The molecule has 1 fully saturated rings. The first kappa shape index (κ1) is 12.9. The summed E-state index contributed by atoms with van der Waals surface area (Å²) < 4.78 is 5.15. The van der Waals surface area contributed by atoms with Crippen molar-refractivity contribution in [3.05, 3.63) is 24.3 Å². The van der Waals surface area contributed by atoms with Crippen LogP contribution in [-0.4, -0.2) is 37.6 Å². The number of rotatable bonds is 6. The van der Waals surface area contributed by atoms with E-state index < -0.39 is 5.97 Å². The third-order valence-electron chi connectivity index (χ3n) is 1.59. The highest BCUT2D eigenvalue weighted by Crippen LogP contribution is 2.05. The Bertz CT molecular complexity index is 283. The fraction of sp³-hybridized carbons (Fsp3) is 0.500. The van der Waals surface area contributed by atoms with E-state index in [4.69, 9.17) is 9.57 Å². The second kappa shape index (κ2) is 6.39. The molecule has 90 valence electrons. The second-order valence-electron chi connectivity index (χ2n) is 3.39. The van der Waals surface area contributed by atoms with Gasteiger partial charge in [0.15, 0.2) is 0 Å². The molecule has 16 heavy (non-hydrogen) atoms. The van der Waals surface area contributed by atoms with Crippen molar-refractivity contribution in [2.24, 2.45) is 0 Å². The first-order valence-corrected chi connectivity index (χ1v) is 4.79. The van der Waals surface area contributed by atoms with E-state index in [0.29, 0.717) is 19.8 Å². The van der Waals surface area contributed by atoms with Crippen LogP contribution >= 0.6 is 0 Å². The summed E-state index contributed by atoms with van der Waals surface area (Å²) in [7, 11) is 0. The minimum Gasteiger partial charge on any atom is -0.372 e. The van der Waals surface area contributed by atoms with Crippen molar-refractivity contribution < 1.29 is 24.2 Å². The number of nitrogens with zero attached hydrogens (tertiary/aromatic N) is 1. The molecule has 1 heterocycles. The van der Waals surface area contributed by atoms with Gasteiger partial charge in [-0.05, 0) is 6.92 Å². The summed E-state index contributed by atoms with van der Waals surface area (Å²) in [5, 5.41) is 0.951. The fourth-order valence-corrected chi connectivity index (χ4v) is 0.870. The molecular weight excluding hydrogens is 214 g/mol. The van der Waals surface area contributed by atoms with Crippen LogP contribution in [-0.2, 0) is 24.2 Å². The third-order valence-corrected chi connectivity index (χ3v) is 1.59. The van der Waals surface area contributed by atoms with Gasteiger partial charge in [0.2, 0.25) is 0 Å². The molecule has 0 aromatic heterocycles. The predicted molar refractivity (Wildman–Crippen MR) is 54.6 cm³/mol. The molecule has 1 saturated heterocycles. The monoisotopic (exact) mass is 229 g/mol. The first-order chi connectivity index (χ1) is 7.59. The van der Waals surface area contributed by atoms with Crippen molar-refractivity contribution in [2.75, 3.05) is 26.4 Å². The zero-order valence-corrected chi connectivity index (χ0v) is 9.23. The number of carbonyl (C=O) groups excluding carboxylic acids is 1. The topological polar surface area (TPSA) is 57.2 Å². The highest BCUT2D eigenvalue weighted by molar-refractivity contribution is 5.87. The van der Waals surface area contributed by atoms with Gasteiger partial charge in [0.1, 0.15) is 6.61 Å². The molecule has 0 aromatic carbocycles. The summed E-state index contributed by atoms with van der Waals surface area (Å²) in [5.74, 6) is -0.604. The van der Waals surface area contributed by atoms with Crippen molar-refractivity contribution in [3.63, 3.8) is 0 Å². The minimum absolute atomic E-state index is 0.0976. The van der Waals surface area contributed by atoms with Gasteiger partial charge >= 0.3 is 5.97 Å². The van der Waals surface area contributed by atoms with Gasteiger partial charge in [0.25, 0.3) is 0 Å². The number of hydrogen-bond donors (Lipinski definition) is 0. The molecule has 0 amide bonds. The summed E-state index contributed by atoms with van der Waals surface area (Å²) >= 11 is 0. The van der Waals surface area contributed by atoms with E-state index in [1.807, 2.05) is 6.92 Å². The largest absolute Gasteiger partial charge is 0.372 e. The van der Waals surface area contributed by atoms with Gasteiger partial charge in [0, 0.05) is 5.23 Å². The van der Waals surface area contributed by atoms with Gasteiger partial charge < -0.3 is 9.57 Å². The Hall–Kier alpha value is -1.21. The molecule has 6 nitrogen and oxygen atoms in total. The Morgan fingerprint density at radius 3 is 2.75 bits per heavy atom. The second-order valence-corrected chi connectivity index (χ2v) is 3.39. The molecule has 0 spiro atoms. The first-order valence-electron chi connectivity index (χ1n) is 4.79. The van der Waals surface area contributed by atoms with Crippen molar-refractivity contribution in [1.29, 1.82) is 0 Å². The summed E-state index contributed by atoms with van der Waals surface area (Å²) in [6.45, 7) is 10.2. The lowest BCUT2D eigenvalue weighted by Crippen LogP contribution is -2.25. The van der Waals surface area contributed by atoms with Crippen LogP contribution in [0.5, 0.6) is 0 Å². The zero-order valence-electron chi connectivity index (χ0n) is 9.23. The smallest absolute Gasteiger partial charge is 0.357 e. The zero-order chi connectivity index (χ0) is 12.0. The lowest BCUT2D eigenvalue weighted by atomic mass is 10.3. The van der Waals surface area contributed by atoms with E-state index in [9.17, 15) is 4.79 Å². The number of hydrogen-bond acceptors (Lipinski definition) is 6. The third kappa shape index (κ3) is 4.54. The molecule has 0 bridgehead atoms. The summed E-state index contributed by atoms with van der Waals surface area (Å²) in [6.07, 6.45) is 0. The van der Waals surface area contributed by atoms with Crippen LogP contribution in [0.4, 0.5) is 0 Å². The Labute approximate surface area is 93.9 Å². The maximum Gasteiger partial charge on any atom is 0.357 e. The SMILES string of the molecule is C=C(C)COCC(=C)C(=O)ON1CCOO1. The van der Waals surface area contributed by atoms with Crippen molar-refractivity contribution in [3.8, 4) is 0 Å². The molecule has 0 saturated carbocycles. The van der Waals surface area contributed by atoms with Crippen LogP contribution in [0.2, 0.25) is 0 Å². The quantitative estimate of drug-likeness (QED) is 0.381. The van der Waals surface area contributed by atoms with Crippen molar-refractivity contribution >= 4 is 5.97 Å². The highest BCUT2D eigenvalue weighted by Gasteiger charge is 2.20. The van der Waals surface area contributed by atoms with Gasteiger partial charge in [-0.15, -0.1) is 4.99 Å². The van der Waals surface area contributed by atoms with Gasteiger partial charge in [-0.2, -0.15) is 0 Å². The molecule has 0 unspecified atom stereocenters. The molecule has 0 aliphatic carbocycles. The van der Waals surface area contributed by atoms with Crippen LogP contribution in [0.15, 0.2) is 24.3 Å². The van der Waals surface area contributed by atoms with Crippen molar-refractivity contribution in [2.45, 2.75) is 6.92 Å². The fourth-order valence-electron chi connectivity index (χ4n) is 0.870. The van der Waals surface area contributed by atoms with Crippen molar-refractivity contribution in [1.82, 2.24) is 5.23 Å². The number of ether oxygens (including phenoxy) is 1. The van der Waals surface area contributed by atoms with Gasteiger partial charge in [-0.25, -0.2) is 9.68 Å². The molecule has 6 heteroatoms. The van der Waals surface area contributed by atoms with Crippen LogP contribution < -0.4 is 0 Å². The molecule has 0 N–H and O–H groups in total. The number of hydroxylamine groups is 2. The molecule has 0 radical (unpaired) electrons. The van der Waals surface area contributed by atoms with Crippen LogP contribution in [0.1, 0.15) is 6.92 Å². The van der Waals surface area contributed by atoms with Gasteiger partial charge in [-0.1, -0.05) is 18.7 Å². The van der Waals surface area contributed by atoms with Gasteiger partial charge in [0.05, 0.1) is 25.3 Å². The summed E-state index contributed by atoms with van der Waals surface area (Å²) in [5.41, 5.74) is 1.08. The molecular formula is C10H15NO5. The number of carbonyl (C=O) groups is 1. The Morgan fingerprint density at radius 1 is 1.44 bits per heavy atom.